The second-order valence-corrected chi connectivity index (χ2v) is 5.48. The lowest BCUT2D eigenvalue weighted by molar-refractivity contribution is 0.0663. The average molecular weight is 276 g/mol. The van der Waals surface area contributed by atoms with Crippen LogP contribution in [0.2, 0.25) is 0 Å². The summed E-state index contributed by atoms with van der Waals surface area (Å²) in [5, 5.41) is 2.92. The molecule has 3 rings (SSSR count). The third-order valence-corrected chi connectivity index (χ3v) is 3.69. The van der Waals surface area contributed by atoms with Crippen LogP contribution in [0.3, 0.4) is 0 Å². The Morgan fingerprint density at radius 3 is 2.95 bits per heavy atom. The molecule has 5 nitrogen and oxygen atoms in total. The van der Waals surface area contributed by atoms with Gasteiger partial charge in [-0.1, -0.05) is 0 Å². The van der Waals surface area contributed by atoms with Crippen LogP contribution in [-0.2, 0) is 4.74 Å². The molecular weight excluding hydrogens is 256 g/mol. The molecule has 0 spiro atoms. The molecule has 1 aromatic heterocycles. The molecule has 5 heteroatoms. The van der Waals surface area contributed by atoms with Gasteiger partial charge in [-0.25, -0.2) is 4.98 Å². The van der Waals surface area contributed by atoms with Gasteiger partial charge in [0.05, 0.1) is 11.7 Å². The maximum atomic E-state index is 11.8. The number of carbonyl (C=O) groups is 1. The topological polar surface area (TPSA) is 60.5 Å². The van der Waals surface area contributed by atoms with E-state index in [0.717, 1.165) is 26.0 Å². The van der Waals surface area contributed by atoms with Crippen molar-refractivity contribution >= 4 is 5.91 Å². The predicted molar refractivity (Wildman–Crippen MR) is 73.8 cm³/mol. The summed E-state index contributed by atoms with van der Waals surface area (Å²) >= 11 is 0. The molecule has 1 aromatic rings. The standard InChI is InChI=1S/C15H20N2O3/c18-15(17-8-11-3-4-11)12-5-6-14(16-9-12)20-10-13-2-1-7-19-13/h5-6,9,11,13H,1-4,7-8,10H2,(H,17,18)/t13-/m1/s1. The molecule has 1 amide bonds. The Morgan fingerprint density at radius 1 is 1.40 bits per heavy atom. The highest BCUT2D eigenvalue weighted by Gasteiger charge is 2.22. The fourth-order valence-electron chi connectivity index (χ4n) is 2.22. The number of hydrogen-bond donors (Lipinski definition) is 1. The highest BCUT2D eigenvalue weighted by molar-refractivity contribution is 5.93. The van der Waals surface area contributed by atoms with Crippen molar-refractivity contribution in [2.24, 2.45) is 5.92 Å². The van der Waals surface area contributed by atoms with E-state index in [0.29, 0.717) is 24.0 Å². The van der Waals surface area contributed by atoms with E-state index in [-0.39, 0.29) is 12.0 Å². The van der Waals surface area contributed by atoms with Crippen molar-refractivity contribution in [3.8, 4) is 5.88 Å². The van der Waals surface area contributed by atoms with Crippen LogP contribution in [0.4, 0.5) is 0 Å². The van der Waals surface area contributed by atoms with E-state index in [9.17, 15) is 4.79 Å². The Kier molecular flexibility index (Phi) is 4.16. The molecule has 0 bridgehead atoms. The number of nitrogens with zero attached hydrogens (tertiary/aromatic N) is 1. The Hall–Kier alpha value is -1.62. The van der Waals surface area contributed by atoms with Crippen LogP contribution in [0.1, 0.15) is 36.0 Å². The lowest BCUT2D eigenvalue weighted by atomic mass is 10.2. The van der Waals surface area contributed by atoms with Gasteiger partial charge in [0.2, 0.25) is 5.88 Å². The lowest BCUT2D eigenvalue weighted by Gasteiger charge is -2.10. The van der Waals surface area contributed by atoms with Crippen molar-refractivity contribution in [2.75, 3.05) is 19.8 Å². The van der Waals surface area contributed by atoms with Gasteiger partial charge in [0.1, 0.15) is 6.61 Å². The van der Waals surface area contributed by atoms with Crippen LogP contribution in [0.15, 0.2) is 18.3 Å². The second-order valence-electron chi connectivity index (χ2n) is 5.48. The maximum absolute atomic E-state index is 11.8. The smallest absolute Gasteiger partial charge is 0.252 e. The summed E-state index contributed by atoms with van der Waals surface area (Å²) in [4.78, 5) is 16.0. The summed E-state index contributed by atoms with van der Waals surface area (Å²) in [6, 6.07) is 3.49. The van der Waals surface area contributed by atoms with Crippen LogP contribution in [-0.4, -0.2) is 36.8 Å². The van der Waals surface area contributed by atoms with Crippen LogP contribution >= 0.6 is 0 Å². The van der Waals surface area contributed by atoms with Gasteiger partial charge >= 0.3 is 0 Å². The summed E-state index contributed by atoms with van der Waals surface area (Å²) in [6.45, 7) is 2.12. The molecule has 1 aliphatic heterocycles. The van der Waals surface area contributed by atoms with Crippen LogP contribution in [0, 0.1) is 5.92 Å². The summed E-state index contributed by atoms with van der Waals surface area (Å²) in [5.74, 6) is 1.16. The number of ether oxygens (including phenoxy) is 2. The van der Waals surface area contributed by atoms with E-state index in [2.05, 4.69) is 10.3 Å². The van der Waals surface area contributed by atoms with Gasteiger partial charge < -0.3 is 14.8 Å². The number of pyridine rings is 1. The lowest BCUT2D eigenvalue weighted by Crippen LogP contribution is -2.25. The molecule has 0 aromatic carbocycles. The van der Waals surface area contributed by atoms with Gasteiger partial charge in [-0.15, -0.1) is 0 Å². The summed E-state index contributed by atoms with van der Waals surface area (Å²) < 4.78 is 11.0. The van der Waals surface area contributed by atoms with Crippen molar-refractivity contribution < 1.29 is 14.3 Å². The molecule has 0 radical (unpaired) electrons. The molecule has 2 aliphatic rings. The Labute approximate surface area is 118 Å². The van der Waals surface area contributed by atoms with E-state index >= 15 is 0 Å². The number of amides is 1. The van der Waals surface area contributed by atoms with Gasteiger partial charge in [0, 0.05) is 25.4 Å². The normalized spacial score (nSPS) is 21.7. The number of aromatic nitrogens is 1. The number of rotatable bonds is 6. The summed E-state index contributed by atoms with van der Waals surface area (Å²) in [6.07, 6.45) is 6.35. The molecule has 1 aliphatic carbocycles. The quantitative estimate of drug-likeness (QED) is 0.860. The zero-order valence-electron chi connectivity index (χ0n) is 11.5. The first-order valence-electron chi connectivity index (χ1n) is 7.30. The second kappa shape index (κ2) is 6.22. The molecule has 1 saturated carbocycles. The Bertz CT molecular complexity index is 451. The van der Waals surface area contributed by atoms with E-state index < -0.39 is 0 Å². The van der Waals surface area contributed by atoms with Crippen molar-refractivity contribution in [3.05, 3.63) is 23.9 Å². The highest BCUT2D eigenvalue weighted by atomic mass is 16.5. The van der Waals surface area contributed by atoms with Crippen LogP contribution in [0.5, 0.6) is 5.88 Å². The molecule has 1 saturated heterocycles. The summed E-state index contributed by atoms with van der Waals surface area (Å²) in [5.41, 5.74) is 0.579. The fourth-order valence-corrected chi connectivity index (χ4v) is 2.22. The minimum Gasteiger partial charge on any atom is -0.475 e. The first-order valence-corrected chi connectivity index (χ1v) is 7.30. The first kappa shape index (κ1) is 13.4. The average Bonchev–Trinajstić information content (AvgIpc) is 3.17. The fraction of sp³-hybridized carbons (Fsp3) is 0.600. The molecule has 1 N–H and O–H groups in total. The van der Waals surface area contributed by atoms with Crippen LogP contribution in [0.25, 0.3) is 0 Å². The zero-order chi connectivity index (χ0) is 13.8. The number of nitrogens with one attached hydrogen (secondary N) is 1. The number of carbonyl (C=O) groups excluding carboxylic acids is 1. The predicted octanol–water partition coefficient (Wildman–Crippen LogP) is 1.78. The number of hydrogen-bond acceptors (Lipinski definition) is 4. The van der Waals surface area contributed by atoms with Gasteiger partial charge in [0.15, 0.2) is 0 Å². The van der Waals surface area contributed by atoms with Crippen molar-refractivity contribution in [3.63, 3.8) is 0 Å². The monoisotopic (exact) mass is 276 g/mol. The SMILES string of the molecule is O=C(NCC1CC1)c1ccc(OC[C@H]2CCCO2)nc1. The summed E-state index contributed by atoms with van der Waals surface area (Å²) in [7, 11) is 0. The first-order chi connectivity index (χ1) is 9.81. The van der Waals surface area contributed by atoms with E-state index in [4.69, 9.17) is 9.47 Å². The van der Waals surface area contributed by atoms with Gasteiger partial charge in [0.25, 0.3) is 5.91 Å². The third kappa shape index (κ3) is 3.70. The van der Waals surface area contributed by atoms with Gasteiger partial charge in [-0.3, -0.25) is 4.79 Å². The van der Waals surface area contributed by atoms with E-state index in [1.807, 2.05) is 0 Å². The molecule has 20 heavy (non-hydrogen) atoms. The largest absolute Gasteiger partial charge is 0.475 e. The third-order valence-electron chi connectivity index (χ3n) is 3.69. The van der Waals surface area contributed by atoms with E-state index in [1.54, 1.807) is 18.3 Å². The highest BCUT2D eigenvalue weighted by Crippen LogP contribution is 2.27. The molecule has 108 valence electrons. The van der Waals surface area contributed by atoms with Crippen molar-refractivity contribution in [1.29, 1.82) is 0 Å². The maximum Gasteiger partial charge on any atom is 0.252 e. The Morgan fingerprint density at radius 2 is 2.30 bits per heavy atom. The van der Waals surface area contributed by atoms with E-state index in [1.165, 1.54) is 12.8 Å². The van der Waals surface area contributed by atoms with Gasteiger partial charge in [-0.2, -0.15) is 0 Å². The van der Waals surface area contributed by atoms with Crippen molar-refractivity contribution in [1.82, 2.24) is 10.3 Å². The minimum atomic E-state index is -0.0601. The molecule has 0 unspecified atom stereocenters. The molecule has 2 heterocycles. The molecule has 1 atom stereocenters. The zero-order valence-corrected chi connectivity index (χ0v) is 11.5. The van der Waals surface area contributed by atoms with Crippen LogP contribution < -0.4 is 10.1 Å². The minimum absolute atomic E-state index is 0.0601. The molecule has 2 fully saturated rings. The molecular formula is C15H20N2O3. The van der Waals surface area contributed by atoms with Gasteiger partial charge in [-0.05, 0) is 37.7 Å². The Balaban J connectivity index is 1.46. The van der Waals surface area contributed by atoms with Crippen molar-refractivity contribution in [2.45, 2.75) is 31.8 Å².